The zero-order chi connectivity index (χ0) is 20.8. The van der Waals surface area contributed by atoms with Crippen LogP contribution in [0.2, 0.25) is 0 Å². The quantitative estimate of drug-likeness (QED) is 0.340. The molecule has 0 bridgehead atoms. The third-order valence-corrected chi connectivity index (χ3v) is 5.17. The Bertz CT molecular complexity index is 1150. The van der Waals surface area contributed by atoms with Crippen LogP contribution in [-0.2, 0) is 4.79 Å². The van der Waals surface area contributed by atoms with Crippen molar-refractivity contribution in [3.8, 4) is 17.1 Å². The van der Waals surface area contributed by atoms with Crippen LogP contribution >= 0.6 is 11.3 Å². The summed E-state index contributed by atoms with van der Waals surface area (Å²) < 4.78 is 5.21. The molecule has 0 radical (unpaired) electrons. The number of thiazole rings is 1. The predicted octanol–water partition coefficient (Wildman–Crippen LogP) is 5.39. The normalized spacial score (nSPS) is 11.2. The number of hydrogen-bond acceptors (Lipinski definition) is 5. The minimum atomic E-state index is -0.223. The number of aromatic nitrogens is 2. The maximum Gasteiger partial charge on any atom is 0.258 e. The van der Waals surface area contributed by atoms with Crippen LogP contribution in [0.4, 0.5) is 5.13 Å². The average Bonchev–Trinajstić information content (AvgIpc) is 3.27. The molecule has 0 saturated heterocycles. The van der Waals surface area contributed by atoms with Gasteiger partial charge in [-0.3, -0.25) is 15.1 Å². The summed E-state index contributed by atoms with van der Waals surface area (Å²) in [7, 11) is 1.63. The van der Waals surface area contributed by atoms with Crippen LogP contribution in [0.15, 0.2) is 84.4 Å². The zero-order valence-electron chi connectivity index (χ0n) is 16.3. The molecule has 0 aliphatic rings. The van der Waals surface area contributed by atoms with Gasteiger partial charge in [0.1, 0.15) is 11.4 Å². The van der Waals surface area contributed by atoms with E-state index >= 15 is 0 Å². The number of carbonyl (C=O) groups is 1. The number of methoxy groups -OCH3 is 1. The van der Waals surface area contributed by atoms with Gasteiger partial charge in [0.25, 0.3) is 5.91 Å². The second kappa shape index (κ2) is 9.15. The molecule has 0 aliphatic heterocycles. The van der Waals surface area contributed by atoms with E-state index in [-0.39, 0.29) is 5.91 Å². The van der Waals surface area contributed by atoms with Crippen molar-refractivity contribution in [2.45, 2.75) is 0 Å². The van der Waals surface area contributed by atoms with Gasteiger partial charge in [-0.2, -0.15) is 0 Å². The number of carbonyl (C=O) groups excluding carboxylic acids is 1. The Morgan fingerprint density at radius 2 is 1.73 bits per heavy atom. The van der Waals surface area contributed by atoms with E-state index in [1.807, 2.05) is 84.3 Å². The van der Waals surface area contributed by atoms with Gasteiger partial charge < -0.3 is 4.74 Å². The molecule has 0 spiro atoms. The summed E-state index contributed by atoms with van der Waals surface area (Å²) >= 11 is 1.37. The predicted molar refractivity (Wildman–Crippen MR) is 121 cm³/mol. The minimum Gasteiger partial charge on any atom is -0.497 e. The number of benzene rings is 2. The molecule has 1 N–H and O–H groups in total. The molecule has 30 heavy (non-hydrogen) atoms. The largest absolute Gasteiger partial charge is 0.497 e. The summed E-state index contributed by atoms with van der Waals surface area (Å²) in [5.41, 5.74) is 3.78. The Morgan fingerprint density at radius 3 is 2.43 bits per heavy atom. The van der Waals surface area contributed by atoms with Gasteiger partial charge in [0.15, 0.2) is 5.13 Å². The smallest absolute Gasteiger partial charge is 0.258 e. The molecule has 4 aromatic rings. The molecular formula is C24H19N3O2S. The van der Waals surface area contributed by atoms with E-state index in [4.69, 9.17) is 4.74 Å². The lowest BCUT2D eigenvalue weighted by atomic mass is 10.0. The third kappa shape index (κ3) is 4.61. The van der Waals surface area contributed by atoms with Crippen molar-refractivity contribution >= 4 is 34.0 Å². The van der Waals surface area contributed by atoms with Crippen molar-refractivity contribution < 1.29 is 9.53 Å². The Hall–Kier alpha value is -3.77. The molecule has 0 unspecified atom stereocenters. The molecule has 0 fully saturated rings. The molecule has 2 aromatic heterocycles. The fourth-order valence-electron chi connectivity index (χ4n) is 2.89. The summed E-state index contributed by atoms with van der Waals surface area (Å²) in [6.07, 6.45) is 3.58. The van der Waals surface area contributed by atoms with Crippen LogP contribution in [0, 0.1) is 0 Å². The summed E-state index contributed by atoms with van der Waals surface area (Å²) in [6, 6.07) is 22.8. The lowest BCUT2D eigenvalue weighted by molar-refractivity contribution is -0.111. The molecule has 1 amide bonds. The first kappa shape index (κ1) is 19.5. The summed E-state index contributed by atoms with van der Waals surface area (Å²) in [4.78, 5) is 21.9. The van der Waals surface area contributed by atoms with Crippen LogP contribution in [0.5, 0.6) is 5.75 Å². The first-order chi connectivity index (χ1) is 14.7. The third-order valence-electron chi connectivity index (χ3n) is 4.41. The second-order valence-corrected chi connectivity index (χ2v) is 7.26. The van der Waals surface area contributed by atoms with Crippen molar-refractivity contribution in [1.82, 2.24) is 9.97 Å². The van der Waals surface area contributed by atoms with Gasteiger partial charge in [0, 0.05) is 17.2 Å². The van der Waals surface area contributed by atoms with Gasteiger partial charge in [-0.05, 0) is 41.5 Å². The minimum absolute atomic E-state index is 0.223. The second-order valence-electron chi connectivity index (χ2n) is 6.40. The van der Waals surface area contributed by atoms with Crippen LogP contribution in [0.25, 0.3) is 23.0 Å². The Morgan fingerprint density at radius 1 is 0.967 bits per heavy atom. The maximum absolute atomic E-state index is 13.1. The number of pyridine rings is 1. The van der Waals surface area contributed by atoms with Crippen LogP contribution in [-0.4, -0.2) is 23.0 Å². The SMILES string of the molecule is COc1ccc(/C=C(/C(=O)Nc2nc(-c3ccccn3)cs2)c2ccccc2)cc1. The van der Waals surface area contributed by atoms with Gasteiger partial charge >= 0.3 is 0 Å². The van der Waals surface area contributed by atoms with E-state index < -0.39 is 0 Å². The van der Waals surface area contributed by atoms with Gasteiger partial charge in [-0.1, -0.05) is 48.5 Å². The summed E-state index contributed by atoms with van der Waals surface area (Å²) in [6.45, 7) is 0. The number of hydrogen-bond donors (Lipinski definition) is 1. The van der Waals surface area contributed by atoms with E-state index in [2.05, 4.69) is 15.3 Å². The molecule has 2 heterocycles. The van der Waals surface area contributed by atoms with E-state index in [0.717, 1.165) is 28.3 Å². The van der Waals surface area contributed by atoms with Crippen LogP contribution in [0.1, 0.15) is 11.1 Å². The van der Waals surface area contributed by atoms with Crippen LogP contribution in [0.3, 0.4) is 0 Å². The Labute approximate surface area is 178 Å². The van der Waals surface area contributed by atoms with Gasteiger partial charge in [-0.15, -0.1) is 11.3 Å². The van der Waals surface area contributed by atoms with E-state index in [9.17, 15) is 4.79 Å². The zero-order valence-corrected chi connectivity index (χ0v) is 17.1. The molecule has 0 atom stereocenters. The Balaban J connectivity index is 1.61. The molecule has 0 saturated carbocycles. The van der Waals surface area contributed by atoms with Gasteiger partial charge in [0.05, 0.1) is 12.8 Å². The lowest BCUT2D eigenvalue weighted by Crippen LogP contribution is -2.13. The number of nitrogens with zero attached hydrogens (tertiary/aromatic N) is 2. The van der Waals surface area contributed by atoms with E-state index in [1.54, 1.807) is 13.3 Å². The highest BCUT2D eigenvalue weighted by atomic mass is 32.1. The summed E-state index contributed by atoms with van der Waals surface area (Å²) in [5, 5.41) is 5.33. The van der Waals surface area contributed by atoms with E-state index in [0.29, 0.717) is 10.7 Å². The molecule has 148 valence electrons. The van der Waals surface area contributed by atoms with Crippen molar-refractivity contribution in [2.75, 3.05) is 12.4 Å². The van der Waals surface area contributed by atoms with Crippen molar-refractivity contribution in [3.05, 3.63) is 95.5 Å². The van der Waals surface area contributed by atoms with Crippen LogP contribution < -0.4 is 10.1 Å². The molecule has 4 rings (SSSR count). The maximum atomic E-state index is 13.1. The van der Waals surface area contributed by atoms with Crippen molar-refractivity contribution in [1.29, 1.82) is 0 Å². The summed E-state index contributed by atoms with van der Waals surface area (Å²) in [5.74, 6) is 0.543. The highest BCUT2D eigenvalue weighted by molar-refractivity contribution is 7.14. The highest BCUT2D eigenvalue weighted by Gasteiger charge is 2.15. The topological polar surface area (TPSA) is 64.1 Å². The Kier molecular flexibility index (Phi) is 5.96. The van der Waals surface area contributed by atoms with Crippen molar-refractivity contribution in [2.24, 2.45) is 0 Å². The monoisotopic (exact) mass is 413 g/mol. The first-order valence-electron chi connectivity index (χ1n) is 9.32. The van der Waals surface area contributed by atoms with E-state index in [1.165, 1.54) is 11.3 Å². The molecule has 5 nitrogen and oxygen atoms in total. The lowest BCUT2D eigenvalue weighted by Gasteiger charge is -2.08. The van der Waals surface area contributed by atoms with Crippen molar-refractivity contribution in [3.63, 3.8) is 0 Å². The number of rotatable bonds is 6. The fraction of sp³-hybridized carbons (Fsp3) is 0.0417. The standard InChI is InChI=1S/C24H19N3O2S/c1-29-19-12-10-17(11-13-19)15-20(18-7-3-2-4-8-18)23(28)27-24-26-22(16-30-24)21-9-5-6-14-25-21/h2-16H,1H3,(H,26,27,28)/b20-15+. The van der Waals surface area contributed by atoms with Gasteiger partial charge in [0.2, 0.25) is 0 Å². The number of ether oxygens (including phenoxy) is 1. The average molecular weight is 414 g/mol. The first-order valence-corrected chi connectivity index (χ1v) is 10.2. The van der Waals surface area contributed by atoms with Gasteiger partial charge in [-0.25, -0.2) is 4.98 Å². The highest BCUT2D eigenvalue weighted by Crippen LogP contribution is 2.26. The molecule has 2 aromatic carbocycles. The molecule has 6 heteroatoms. The molecular weight excluding hydrogens is 394 g/mol. The number of anilines is 1. The number of amides is 1. The fourth-order valence-corrected chi connectivity index (χ4v) is 3.59. The number of nitrogens with one attached hydrogen (secondary N) is 1. The molecule has 0 aliphatic carbocycles.